The number of benzene rings is 1. The fourth-order valence-electron chi connectivity index (χ4n) is 2.33. The Balaban J connectivity index is 2.15. The van der Waals surface area contributed by atoms with E-state index in [2.05, 4.69) is 31.4 Å². The van der Waals surface area contributed by atoms with E-state index in [-0.39, 0.29) is 18.7 Å². The van der Waals surface area contributed by atoms with Gasteiger partial charge in [-0.25, -0.2) is 0 Å². The second kappa shape index (κ2) is 7.59. The van der Waals surface area contributed by atoms with Gasteiger partial charge < -0.3 is 15.2 Å². The average Bonchev–Trinajstić information content (AvgIpc) is 2.97. The molecule has 1 aromatic carbocycles. The van der Waals surface area contributed by atoms with Crippen molar-refractivity contribution in [1.29, 1.82) is 0 Å². The van der Waals surface area contributed by atoms with E-state index in [0.717, 1.165) is 10.0 Å². The molecule has 0 radical (unpaired) electrons. The standard InChI is InChI=1S/C16H18BrN3O4/c1-16(9-24-2,8-14(21)22)18-15(23)13-7-12(19-20-13)10-3-5-11(17)6-4-10/h3-7H,8-9H2,1-2H3,(H,18,23)(H,19,20)(H,21,22). The lowest BCUT2D eigenvalue weighted by Crippen LogP contribution is -2.50. The predicted molar refractivity (Wildman–Crippen MR) is 91.7 cm³/mol. The molecule has 0 bridgehead atoms. The van der Waals surface area contributed by atoms with Crippen LogP contribution in [0, 0.1) is 0 Å². The quantitative estimate of drug-likeness (QED) is 0.667. The number of aromatic nitrogens is 2. The molecule has 1 amide bonds. The van der Waals surface area contributed by atoms with E-state index in [9.17, 15) is 9.59 Å². The van der Waals surface area contributed by atoms with Crippen LogP contribution in [-0.2, 0) is 9.53 Å². The SMILES string of the molecule is COCC(C)(CC(=O)O)NC(=O)c1cc(-c2ccc(Br)cc2)n[nH]1. The maximum Gasteiger partial charge on any atom is 0.305 e. The van der Waals surface area contributed by atoms with Gasteiger partial charge in [0, 0.05) is 17.1 Å². The van der Waals surface area contributed by atoms with Crippen molar-refractivity contribution < 1.29 is 19.4 Å². The van der Waals surface area contributed by atoms with Crippen molar-refractivity contribution in [3.8, 4) is 11.3 Å². The van der Waals surface area contributed by atoms with E-state index in [1.165, 1.54) is 7.11 Å². The molecular weight excluding hydrogens is 378 g/mol. The van der Waals surface area contributed by atoms with Gasteiger partial charge in [-0.3, -0.25) is 14.7 Å². The first kappa shape index (κ1) is 18.2. The summed E-state index contributed by atoms with van der Waals surface area (Å²) < 4.78 is 5.97. The third-order valence-electron chi connectivity index (χ3n) is 3.38. The van der Waals surface area contributed by atoms with Gasteiger partial charge in [0.25, 0.3) is 5.91 Å². The highest BCUT2D eigenvalue weighted by atomic mass is 79.9. The Hall–Kier alpha value is -2.19. The highest BCUT2D eigenvalue weighted by molar-refractivity contribution is 9.10. The lowest BCUT2D eigenvalue weighted by Gasteiger charge is -2.28. The summed E-state index contributed by atoms with van der Waals surface area (Å²) in [6, 6.07) is 9.13. The number of carboxylic acids is 1. The maximum absolute atomic E-state index is 12.4. The fourth-order valence-corrected chi connectivity index (χ4v) is 2.60. The summed E-state index contributed by atoms with van der Waals surface area (Å²) in [6.07, 6.45) is -0.250. The number of aliphatic carboxylic acids is 1. The van der Waals surface area contributed by atoms with E-state index in [0.29, 0.717) is 5.69 Å². The normalized spacial score (nSPS) is 13.3. The summed E-state index contributed by atoms with van der Waals surface area (Å²) in [7, 11) is 1.45. The molecule has 0 spiro atoms. The topological polar surface area (TPSA) is 104 Å². The van der Waals surface area contributed by atoms with Crippen LogP contribution in [0.15, 0.2) is 34.8 Å². The fraction of sp³-hybridized carbons (Fsp3) is 0.312. The zero-order chi connectivity index (χ0) is 17.7. The van der Waals surface area contributed by atoms with Crippen LogP contribution in [0.1, 0.15) is 23.8 Å². The van der Waals surface area contributed by atoms with Crippen molar-refractivity contribution >= 4 is 27.8 Å². The molecular formula is C16H18BrN3O4. The first-order chi connectivity index (χ1) is 11.3. The van der Waals surface area contributed by atoms with Crippen LogP contribution < -0.4 is 5.32 Å². The molecule has 1 atom stereocenters. The van der Waals surface area contributed by atoms with E-state index in [4.69, 9.17) is 9.84 Å². The summed E-state index contributed by atoms with van der Waals surface area (Å²) in [6.45, 7) is 1.70. The second-order valence-corrected chi connectivity index (χ2v) is 6.61. The van der Waals surface area contributed by atoms with Gasteiger partial charge in [0.15, 0.2) is 0 Å². The molecule has 0 aliphatic carbocycles. The van der Waals surface area contributed by atoms with Crippen LogP contribution >= 0.6 is 15.9 Å². The van der Waals surface area contributed by atoms with Gasteiger partial charge in [-0.1, -0.05) is 28.1 Å². The second-order valence-electron chi connectivity index (χ2n) is 5.69. The number of nitrogens with one attached hydrogen (secondary N) is 2. The molecule has 1 aromatic heterocycles. The number of ether oxygens (including phenoxy) is 1. The third kappa shape index (κ3) is 4.65. The monoisotopic (exact) mass is 395 g/mol. The Bertz CT molecular complexity index is 729. The molecule has 1 heterocycles. The average molecular weight is 396 g/mol. The number of carboxylic acid groups (broad SMARTS) is 1. The number of halogens is 1. The number of H-pyrrole nitrogens is 1. The Morgan fingerprint density at radius 3 is 2.62 bits per heavy atom. The molecule has 128 valence electrons. The van der Waals surface area contributed by atoms with Crippen LogP contribution in [0.5, 0.6) is 0 Å². The molecule has 0 fully saturated rings. The van der Waals surface area contributed by atoms with Crippen LogP contribution in [-0.4, -0.2) is 46.4 Å². The minimum absolute atomic E-state index is 0.0821. The molecule has 0 aliphatic rings. The maximum atomic E-state index is 12.4. The largest absolute Gasteiger partial charge is 0.481 e. The lowest BCUT2D eigenvalue weighted by atomic mass is 9.98. The minimum atomic E-state index is -1.02. The molecule has 0 saturated carbocycles. The van der Waals surface area contributed by atoms with Gasteiger partial charge in [-0.2, -0.15) is 5.10 Å². The van der Waals surface area contributed by atoms with Crippen LogP contribution in [0.3, 0.4) is 0 Å². The van der Waals surface area contributed by atoms with E-state index >= 15 is 0 Å². The highest BCUT2D eigenvalue weighted by Crippen LogP contribution is 2.21. The number of hydrogen-bond acceptors (Lipinski definition) is 4. The van der Waals surface area contributed by atoms with E-state index < -0.39 is 17.4 Å². The summed E-state index contributed by atoms with van der Waals surface area (Å²) in [5.41, 5.74) is 0.722. The molecule has 1 unspecified atom stereocenters. The van der Waals surface area contributed by atoms with Crippen molar-refractivity contribution in [3.63, 3.8) is 0 Å². The first-order valence-corrected chi connectivity index (χ1v) is 7.97. The number of hydrogen-bond donors (Lipinski definition) is 3. The van der Waals surface area contributed by atoms with E-state index in [1.54, 1.807) is 13.0 Å². The van der Waals surface area contributed by atoms with Gasteiger partial charge in [-0.05, 0) is 25.1 Å². The number of nitrogens with zero attached hydrogens (tertiary/aromatic N) is 1. The molecule has 3 N–H and O–H groups in total. The van der Waals surface area contributed by atoms with Gasteiger partial charge in [0.1, 0.15) is 5.69 Å². The Kier molecular flexibility index (Phi) is 5.74. The number of carbonyl (C=O) groups is 2. The Morgan fingerprint density at radius 1 is 1.38 bits per heavy atom. The zero-order valence-corrected chi connectivity index (χ0v) is 14.9. The van der Waals surface area contributed by atoms with Crippen molar-refractivity contribution in [2.75, 3.05) is 13.7 Å². The van der Waals surface area contributed by atoms with Crippen LogP contribution in [0.25, 0.3) is 11.3 Å². The van der Waals surface area contributed by atoms with Crippen molar-refractivity contribution in [2.45, 2.75) is 18.9 Å². The van der Waals surface area contributed by atoms with Gasteiger partial charge in [0.2, 0.25) is 0 Å². The zero-order valence-electron chi connectivity index (χ0n) is 13.3. The van der Waals surface area contributed by atoms with Gasteiger partial charge >= 0.3 is 5.97 Å². The van der Waals surface area contributed by atoms with Crippen LogP contribution in [0.2, 0.25) is 0 Å². The predicted octanol–water partition coefficient (Wildman–Crippen LogP) is 2.45. The summed E-state index contributed by atoms with van der Waals surface area (Å²) in [4.78, 5) is 23.4. The van der Waals surface area contributed by atoms with Crippen molar-refractivity contribution in [2.24, 2.45) is 0 Å². The molecule has 7 nitrogen and oxygen atoms in total. The van der Waals surface area contributed by atoms with Gasteiger partial charge in [-0.15, -0.1) is 0 Å². The smallest absolute Gasteiger partial charge is 0.305 e. The lowest BCUT2D eigenvalue weighted by molar-refractivity contribution is -0.139. The number of aromatic amines is 1. The third-order valence-corrected chi connectivity index (χ3v) is 3.91. The van der Waals surface area contributed by atoms with Crippen LogP contribution in [0.4, 0.5) is 0 Å². The Labute approximate surface area is 147 Å². The number of rotatable bonds is 7. The number of carbonyl (C=O) groups excluding carboxylic acids is 1. The summed E-state index contributed by atoms with van der Waals surface area (Å²) in [5.74, 6) is -1.46. The summed E-state index contributed by atoms with van der Waals surface area (Å²) in [5, 5.41) is 18.5. The number of amides is 1. The Morgan fingerprint density at radius 2 is 2.04 bits per heavy atom. The summed E-state index contributed by atoms with van der Waals surface area (Å²) >= 11 is 3.36. The number of methoxy groups -OCH3 is 1. The minimum Gasteiger partial charge on any atom is -0.481 e. The van der Waals surface area contributed by atoms with Crippen molar-refractivity contribution in [3.05, 3.63) is 40.5 Å². The molecule has 2 rings (SSSR count). The molecule has 0 saturated heterocycles. The van der Waals surface area contributed by atoms with E-state index in [1.807, 2.05) is 24.3 Å². The molecule has 8 heteroatoms. The molecule has 24 heavy (non-hydrogen) atoms. The van der Waals surface area contributed by atoms with Crippen molar-refractivity contribution in [1.82, 2.24) is 15.5 Å². The highest BCUT2D eigenvalue weighted by Gasteiger charge is 2.30. The van der Waals surface area contributed by atoms with Gasteiger partial charge in [0.05, 0.1) is 24.3 Å². The molecule has 2 aromatic rings. The molecule has 0 aliphatic heterocycles. The first-order valence-electron chi connectivity index (χ1n) is 7.17.